The van der Waals surface area contributed by atoms with Gasteiger partial charge in [0.25, 0.3) is 0 Å². The molecule has 1 aromatic carbocycles. The highest BCUT2D eigenvalue weighted by atomic mass is 32.1. The lowest BCUT2D eigenvalue weighted by Gasteiger charge is -2.31. The fraction of sp³-hybridized carbons (Fsp3) is 0.474. The quantitative estimate of drug-likeness (QED) is 0.675. The van der Waals surface area contributed by atoms with Crippen LogP contribution in [0.5, 0.6) is 5.75 Å². The van der Waals surface area contributed by atoms with Crippen LogP contribution >= 0.6 is 11.3 Å². The van der Waals surface area contributed by atoms with Gasteiger partial charge in [-0.3, -0.25) is 4.79 Å². The molecule has 0 unspecified atom stereocenters. The Morgan fingerprint density at radius 1 is 1.22 bits per heavy atom. The van der Waals surface area contributed by atoms with E-state index in [0.717, 1.165) is 59.5 Å². The third kappa shape index (κ3) is 3.80. The molecule has 3 aromatic rings. The van der Waals surface area contributed by atoms with Crippen LogP contribution in [-0.2, 0) is 11.2 Å². The van der Waals surface area contributed by atoms with Crippen molar-refractivity contribution in [3.8, 4) is 5.75 Å². The van der Waals surface area contributed by atoms with Gasteiger partial charge in [0.1, 0.15) is 10.8 Å². The molecule has 2 aromatic heterocycles. The van der Waals surface area contributed by atoms with Gasteiger partial charge in [0.05, 0.1) is 7.11 Å². The van der Waals surface area contributed by atoms with E-state index in [9.17, 15) is 4.79 Å². The Balaban J connectivity index is 1.29. The molecule has 3 heterocycles. The minimum Gasteiger partial charge on any atom is -0.497 e. The molecule has 1 aliphatic heterocycles. The summed E-state index contributed by atoms with van der Waals surface area (Å²) < 4.78 is 6.98. The second-order valence-corrected chi connectivity index (χ2v) is 7.87. The molecule has 1 saturated heterocycles. The molecule has 1 fully saturated rings. The van der Waals surface area contributed by atoms with Crippen molar-refractivity contribution in [1.29, 1.82) is 0 Å². The molecule has 0 bridgehead atoms. The van der Waals surface area contributed by atoms with Gasteiger partial charge in [-0.1, -0.05) is 23.5 Å². The molecule has 0 saturated carbocycles. The summed E-state index contributed by atoms with van der Waals surface area (Å²) in [6.45, 7) is 3.50. The topological polar surface area (TPSA) is 72.6 Å². The Labute approximate surface area is 162 Å². The van der Waals surface area contributed by atoms with E-state index in [2.05, 4.69) is 15.3 Å². The van der Waals surface area contributed by atoms with Gasteiger partial charge >= 0.3 is 0 Å². The van der Waals surface area contributed by atoms with Gasteiger partial charge in [-0.15, -0.1) is 10.2 Å². The molecular formula is C19H23N5O2S. The Kier molecular flexibility index (Phi) is 5.07. The maximum absolute atomic E-state index is 12.5. The Bertz CT molecular complexity index is 925. The molecular weight excluding hydrogens is 362 g/mol. The molecule has 0 radical (unpaired) electrons. The van der Waals surface area contributed by atoms with Crippen molar-refractivity contribution in [1.82, 2.24) is 24.7 Å². The molecule has 8 heteroatoms. The Morgan fingerprint density at radius 2 is 1.96 bits per heavy atom. The summed E-state index contributed by atoms with van der Waals surface area (Å²) in [5.74, 6) is 2.30. The molecule has 0 atom stereocenters. The number of carbonyl (C=O) groups excluding carboxylic acids is 1. The van der Waals surface area contributed by atoms with Crippen molar-refractivity contribution in [2.24, 2.45) is 0 Å². The van der Waals surface area contributed by atoms with E-state index in [1.54, 1.807) is 18.4 Å². The van der Waals surface area contributed by atoms with Gasteiger partial charge < -0.3 is 9.64 Å². The Hall–Kier alpha value is -2.48. The summed E-state index contributed by atoms with van der Waals surface area (Å²) >= 11 is 1.61. The van der Waals surface area contributed by atoms with Gasteiger partial charge in [0.2, 0.25) is 10.9 Å². The molecule has 1 amide bonds. The summed E-state index contributed by atoms with van der Waals surface area (Å²) in [7, 11) is 1.66. The van der Waals surface area contributed by atoms with E-state index in [0.29, 0.717) is 12.3 Å². The number of hydrogen-bond acceptors (Lipinski definition) is 6. The number of likely N-dealkylation sites (tertiary alicyclic amines) is 1. The van der Waals surface area contributed by atoms with Crippen LogP contribution in [0.15, 0.2) is 24.3 Å². The second kappa shape index (κ2) is 7.64. The molecule has 0 spiro atoms. The maximum atomic E-state index is 12.5. The second-order valence-electron chi connectivity index (χ2n) is 6.89. The van der Waals surface area contributed by atoms with Crippen LogP contribution in [0.1, 0.15) is 41.6 Å². The van der Waals surface area contributed by atoms with E-state index < -0.39 is 0 Å². The minimum atomic E-state index is 0.234. The summed E-state index contributed by atoms with van der Waals surface area (Å²) in [4.78, 5) is 15.4. The van der Waals surface area contributed by atoms with Gasteiger partial charge in [-0.2, -0.15) is 9.61 Å². The predicted octanol–water partition coefficient (Wildman–Crippen LogP) is 2.84. The summed E-state index contributed by atoms with van der Waals surface area (Å²) in [6.07, 6.45) is 3.22. The number of aryl methyl sites for hydroxylation is 2. The molecule has 7 nitrogen and oxygen atoms in total. The number of rotatable bonds is 5. The molecule has 0 N–H and O–H groups in total. The summed E-state index contributed by atoms with van der Waals surface area (Å²) in [5, 5.41) is 13.9. The third-order valence-electron chi connectivity index (χ3n) is 5.15. The number of amides is 1. The van der Waals surface area contributed by atoms with Crippen molar-refractivity contribution >= 4 is 22.2 Å². The number of carbonyl (C=O) groups is 1. The first-order valence-electron chi connectivity index (χ1n) is 9.23. The predicted molar refractivity (Wildman–Crippen MR) is 103 cm³/mol. The normalized spacial score (nSPS) is 15.4. The minimum absolute atomic E-state index is 0.234. The van der Waals surface area contributed by atoms with Crippen molar-refractivity contribution in [3.05, 3.63) is 40.7 Å². The summed E-state index contributed by atoms with van der Waals surface area (Å²) in [6, 6.07) is 7.92. The van der Waals surface area contributed by atoms with Gasteiger partial charge in [-0.05, 0) is 43.9 Å². The number of aromatic nitrogens is 4. The summed E-state index contributed by atoms with van der Waals surface area (Å²) in [5.41, 5.74) is 1.16. The average Bonchev–Trinajstić information content (AvgIpc) is 3.29. The van der Waals surface area contributed by atoms with Gasteiger partial charge in [0, 0.05) is 25.4 Å². The number of hydrogen-bond donors (Lipinski definition) is 0. The highest BCUT2D eigenvalue weighted by molar-refractivity contribution is 7.16. The zero-order valence-electron chi connectivity index (χ0n) is 15.6. The first-order valence-corrected chi connectivity index (χ1v) is 10.0. The first kappa shape index (κ1) is 17.9. The van der Waals surface area contributed by atoms with E-state index in [-0.39, 0.29) is 5.91 Å². The highest BCUT2D eigenvalue weighted by Gasteiger charge is 2.26. The fourth-order valence-electron chi connectivity index (χ4n) is 3.47. The van der Waals surface area contributed by atoms with Crippen molar-refractivity contribution in [3.63, 3.8) is 0 Å². The van der Waals surface area contributed by atoms with Crippen LogP contribution < -0.4 is 4.74 Å². The lowest BCUT2D eigenvalue weighted by atomic mass is 9.97. The first-order chi connectivity index (χ1) is 13.1. The Morgan fingerprint density at radius 3 is 2.63 bits per heavy atom. The van der Waals surface area contributed by atoms with E-state index in [4.69, 9.17) is 4.74 Å². The third-order valence-corrected chi connectivity index (χ3v) is 6.21. The molecule has 1 aliphatic rings. The maximum Gasteiger partial charge on any atom is 0.234 e. The average molecular weight is 385 g/mol. The fourth-order valence-corrected chi connectivity index (χ4v) is 4.52. The SMILES string of the molecule is COc1ccc(CCC(=O)N2CCC(c3nn4c(C)nnc4s3)CC2)cc1. The van der Waals surface area contributed by atoms with Crippen molar-refractivity contribution in [2.45, 2.75) is 38.5 Å². The van der Waals surface area contributed by atoms with Crippen molar-refractivity contribution in [2.75, 3.05) is 20.2 Å². The molecule has 27 heavy (non-hydrogen) atoms. The number of methoxy groups -OCH3 is 1. The lowest BCUT2D eigenvalue weighted by Crippen LogP contribution is -2.38. The van der Waals surface area contributed by atoms with Gasteiger partial charge in [-0.25, -0.2) is 0 Å². The van der Waals surface area contributed by atoms with Crippen LogP contribution in [0, 0.1) is 6.92 Å². The number of ether oxygens (including phenoxy) is 1. The van der Waals surface area contributed by atoms with Crippen LogP contribution in [0.2, 0.25) is 0 Å². The van der Waals surface area contributed by atoms with Crippen LogP contribution in [0.3, 0.4) is 0 Å². The standard InChI is InChI=1S/C19H23N5O2S/c1-13-20-21-19-24(13)22-18(27-19)15-9-11-23(12-10-15)17(25)8-5-14-3-6-16(26-2)7-4-14/h3-4,6-7,15H,5,8-12H2,1-2H3. The zero-order chi connectivity index (χ0) is 18.8. The van der Waals surface area contributed by atoms with E-state index >= 15 is 0 Å². The monoisotopic (exact) mass is 385 g/mol. The lowest BCUT2D eigenvalue weighted by molar-refractivity contribution is -0.132. The van der Waals surface area contributed by atoms with Gasteiger partial charge in [0.15, 0.2) is 5.82 Å². The van der Waals surface area contributed by atoms with Crippen LogP contribution in [0.4, 0.5) is 0 Å². The molecule has 0 aliphatic carbocycles. The number of benzene rings is 1. The van der Waals surface area contributed by atoms with Crippen LogP contribution in [0.25, 0.3) is 4.96 Å². The van der Waals surface area contributed by atoms with Crippen LogP contribution in [-0.4, -0.2) is 50.8 Å². The number of fused-ring (bicyclic) bond motifs is 1. The van der Waals surface area contributed by atoms with Crippen molar-refractivity contribution < 1.29 is 9.53 Å². The van der Waals surface area contributed by atoms with E-state index in [1.165, 1.54) is 0 Å². The highest BCUT2D eigenvalue weighted by Crippen LogP contribution is 2.31. The smallest absolute Gasteiger partial charge is 0.234 e. The zero-order valence-corrected chi connectivity index (χ0v) is 16.4. The molecule has 4 rings (SSSR count). The van der Waals surface area contributed by atoms with E-state index in [1.807, 2.05) is 40.6 Å². The largest absolute Gasteiger partial charge is 0.497 e. The number of nitrogens with zero attached hydrogens (tertiary/aromatic N) is 5. The molecule has 142 valence electrons. The number of piperidine rings is 1.